The third-order valence-electron chi connectivity index (χ3n) is 3.91. The number of carbonyl (C=O) groups excluding carboxylic acids is 1. The van der Waals surface area contributed by atoms with E-state index in [1.54, 1.807) is 42.1 Å². The molecule has 0 saturated carbocycles. The van der Waals surface area contributed by atoms with Crippen LogP contribution in [0.3, 0.4) is 0 Å². The molecule has 2 aromatic carbocycles. The lowest BCUT2D eigenvalue weighted by molar-refractivity contribution is 0.102. The van der Waals surface area contributed by atoms with Gasteiger partial charge in [0.05, 0.1) is 6.61 Å². The van der Waals surface area contributed by atoms with Crippen LogP contribution in [0, 0.1) is 5.82 Å². The fourth-order valence-corrected chi connectivity index (χ4v) is 2.64. The van der Waals surface area contributed by atoms with Gasteiger partial charge in [0.1, 0.15) is 5.82 Å². The van der Waals surface area contributed by atoms with Crippen molar-refractivity contribution in [2.75, 3.05) is 5.32 Å². The SMILES string of the molecule is CCc1nc(-c2cc(F)cc(C(=O)Nc3cccc(CO)c3)c2)n(C)n1. The Balaban J connectivity index is 1.91. The number of aryl methyl sites for hydroxylation is 2. The molecule has 6 nitrogen and oxygen atoms in total. The van der Waals surface area contributed by atoms with Gasteiger partial charge in [0.2, 0.25) is 0 Å². The first-order chi connectivity index (χ1) is 12.5. The summed E-state index contributed by atoms with van der Waals surface area (Å²) in [5.41, 5.74) is 1.86. The van der Waals surface area contributed by atoms with E-state index in [1.807, 2.05) is 6.92 Å². The summed E-state index contributed by atoms with van der Waals surface area (Å²) in [7, 11) is 1.73. The van der Waals surface area contributed by atoms with E-state index >= 15 is 0 Å². The molecule has 0 aliphatic carbocycles. The maximum Gasteiger partial charge on any atom is 0.255 e. The van der Waals surface area contributed by atoms with Crippen LogP contribution >= 0.6 is 0 Å². The molecule has 1 amide bonds. The van der Waals surface area contributed by atoms with Crippen LogP contribution in [-0.2, 0) is 20.1 Å². The fourth-order valence-electron chi connectivity index (χ4n) is 2.64. The maximum absolute atomic E-state index is 14.1. The summed E-state index contributed by atoms with van der Waals surface area (Å²) in [6, 6.07) is 10.9. The molecule has 0 fully saturated rings. The van der Waals surface area contributed by atoms with Crippen LogP contribution in [0.25, 0.3) is 11.4 Å². The third kappa shape index (κ3) is 3.78. The Morgan fingerprint density at radius 3 is 2.77 bits per heavy atom. The summed E-state index contributed by atoms with van der Waals surface area (Å²) in [5, 5.41) is 16.1. The molecule has 0 unspecified atom stereocenters. The maximum atomic E-state index is 14.1. The van der Waals surface area contributed by atoms with E-state index in [2.05, 4.69) is 15.4 Å². The molecule has 0 radical (unpaired) electrons. The van der Waals surface area contributed by atoms with Crippen LogP contribution < -0.4 is 5.32 Å². The number of hydrogen-bond donors (Lipinski definition) is 2. The molecule has 26 heavy (non-hydrogen) atoms. The van der Waals surface area contributed by atoms with Crippen molar-refractivity contribution in [3.8, 4) is 11.4 Å². The molecule has 2 N–H and O–H groups in total. The zero-order chi connectivity index (χ0) is 18.7. The molecule has 0 aliphatic rings. The number of nitrogens with one attached hydrogen (secondary N) is 1. The van der Waals surface area contributed by atoms with Gasteiger partial charge in [0, 0.05) is 30.3 Å². The van der Waals surface area contributed by atoms with Gasteiger partial charge in [-0.05, 0) is 35.9 Å². The number of amides is 1. The Kier molecular flexibility index (Phi) is 5.09. The second kappa shape index (κ2) is 7.45. The molecule has 7 heteroatoms. The van der Waals surface area contributed by atoms with E-state index in [9.17, 15) is 14.3 Å². The standard InChI is InChI=1S/C19H19FN4O2/c1-3-17-22-18(24(2)23-17)13-8-14(10-15(20)9-13)19(26)21-16-6-4-5-12(7-16)11-25/h4-10,25H,3,11H2,1-2H3,(H,21,26). The molecule has 3 rings (SSSR count). The Morgan fingerprint density at radius 2 is 2.08 bits per heavy atom. The van der Waals surface area contributed by atoms with Crippen LogP contribution in [0.5, 0.6) is 0 Å². The van der Waals surface area contributed by atoms with Gasteiger partial charge < -0.3 is 10.4 Å². The lowest BCUT2D eigenvalue weighted by atomic mass is 10.1. The van der Waals surface area contributed by atoms with Crippen molar-refractivity contribution in [2.45, 2.75) is 20.0 Å². The lowest BCUT2D eigenvalue weighted by Crippen LogP contribution is -2.12. The number of aliphatic hydroxyl groups excluding tert-OH is 1. The summed E-state index contributed by atoms with van der Waals surface area (Å²) in [5.74, 6) is 0.174. The van der Waals surface area contributed by atoms with Gasteiger partial charge in [-0.15, -0.1) is 0 Å². The van der Waals surface area contributed by atoms with Crippen LogP contribution in [-0.4, -0.2) is 25.8 Å². The summed E-state index contributed by atoms with van der Waals surface area (Å²) < 4.78 is 15.7. The van der Waals surface area contributed by atoms with E-state index < -0.39 is 11.7 Å². The molecule has 0 saturated heterocycles. The molecule has 1 aromatic heterocycles. The van der Waals surface area contributed by atoms with Gasteiger partial charge in [-0.2, -0.15) is 5.10 Å². The van der Waals surface area contributed by atoms with Crippen molar-refractivity contribution in [1.29, 1.82) is 0 Å². The number of aliphatic hydroxyl groups is 1. The van der Waals surface area contributed by atoms with Gasteiger partial charge in [-0.3, -0.25) is 4.79 Å². The topological polar surface area (TPSA) is 80.0 Å². The largest absolute Gasteiger partial charge is 0.392 e. The Hall–Kier alpha value is -3.06. The van der Waals surface area contributed by atoms with Gasteiger partial charge in [0.15, 0.2) is 11.6 Å². The monoisotopic (exact) mass is 354 g/mol. The van der Waals surface area contributed by atoms with E-state index in [-0.39, 0.29) is 12.2 Å². The van der Waals surface area contributed by atoms with Crippen LogP contribution in [0.1, 0.15) is 28.7 Å². The first-order valence-corrected chi connectivity index (χ1v) is 8.22. The van der Waals surface area contributed by atoms with E-state index in [0.717, 1.165) is 0 Å². The highest BCUT2D eigenvalue weighted by Crippen LogP contribution is 2.21. The minimum Gasteiger partial charge on any atom is -0.392 e. The average molecular weight is 354 g/mol. The smallest absolute Gasteiger partial charge is 0.255 e. The summed E-state index contributed by atoms with van der Waals surface area (Å²) >= 11 is 0. The number of benzene rings is 2. The molecule has 0 atom stereocenters. The second-order valence-corrected chi connectivity index (χ2v) is 5.87. The number of aromatic nitrogens is 3. The normalized spacial score (nSPS) is 10.8. The fraction of sp³-hybridized carbons (Fsp3) is 0.211. The van der Waals surface area contributed by atoms with Crippen molar-refractivity contribution < 1.29 is 14.3 Å². The van der Waals surface area contributed by atoms with E-state index in [4.69, 9.17) is 0 Å². The summed E-state index contributed by atoms with van der Waals surface area (Å²) in [4.78, 5) is 16.9. The van der Waals surface area contributed by atoms with Gasteiger partial charge >= 0.3 is 0 Å². The average Bonchev–Trinajstić information content (AvgIpc) is 3.02. The van der Waals surface area contributed by atoms with Crippen molar-refractivity contribution in [3.63, 3.8) is 0 Å². The number of nitrogens with zero attached hydrogens (tertiary/aromatic N) is 3. The first-order valence-electron chi connectivity index (χ1n) is 8.22. The molecule has 134 valence electrons. The van der Waals surface area contributed by atoms with Crippen LogP contribution in [0.2, 0.25) is 0 Å². The minimum atomic E-state index is -0.530. The number of anilines is 1. The Bertz CT molecular complexity index is 952. The second-order valence-electron chi connectivity index (χ2n) is 5.87. The summed E-state index contributed by atoms with van der Waals surface area (Å²) in [6.45, 7) is 1.81. The zero-order valence-corrected chi connectivity index (χ0v) is 14.5. The van der Waals surface area contributed by atoms with Crippen molar-refractivity contribution >= 4 is 11.6 Å². The predicted molar refractivity (Wildman–Crippen MR) is 96.1 cm³/mol. The van der Waals surface area contributed by atoms with E-state index in [0.29, 0.717) is 34.9 Å². The molecule has 1 heterocycles. The van der Waals surface area contributed by atoms with Gasteiger partial charge in [-0.25, -0.2) is 14.1 Å². The van der Waals surface area contributed by atoms with Crippen molar-refractivity contribution in [1.82, 2.24) is 14.8 Å². The first kappa shape index (κ1) is 17.8. The predicted octanol–water partition coefficient (Wildman–Crippen LogP) is 2.93. The van der Waals surface area contributed by atoms with Crippen LogP contribution in [0.4, 0.5) is 10.1 Å². The van der Waals surface area contributed by atoms with Gasteiger partial charge in [-0.1, -0.05) is 19.1 Å². The number of carbonyl (C=O) groups is 1. The highest BCUT2D eigenvalue weighted by Gasteiger charge is 2.14. The minimum absolute atomic E-state index is 0.125. The van der Waals surface area contributed by atoms with Crippen molar-refractivity contribution in [3.05, 3.63) is 65.2 Å². The number of hydrogen-bond acceptors (Lipinski definition) is 4. The molecule has 0 spiro atoms. The number of rotatable bonds is 5. The Morgan fingerprint density at radius 1 is 1.27 bits per heavy atom. The van der Waals surface area contributed by atoms with Gasteiger partial charge in [0.25, 0.3) is 5.91 Å². The van der Waals surface area contributed by atoms with Crippen LogP contribution in [0.15, 0.2) is 42.5 Å². The summed E-state index contributed by atoms with van der Waals surface area (Å²) in [6.07, 6.45) is 0.664. The Labute approximate surface area is 150 Å². The molecular weight excluding hydrogens is 335 g/mol. The number of halogens is 1. The molecule has 3 aromatic rings. The quantitative estimate of drug-likeness (QED) is 0.738. The van der Waals surface area contributed by atoms with E-state index in [1.165, 1.54) is 12.1 Å². The van der Waals surface area contributed by atoms with Crippen molar-refractivity contribution in [2.24, 2.45) is 7.05 Å². The highest BCUT2D eigenvalue weighted by molar-refractivity contribution is 6.04. The molecular formula is C19H19FN4O2. The lowest BCUT2D eigenvalue weighted by Gasteiger charge is -2.08. The zero-order valence-electron chi connectivity index (χ0n) is 14.5. The highest BCUT2D eigenvalue weighted by atomic mass is 19.1. The molecule has 0 bridgehead atoms. The molecule has 0 aliphatic heterocycles. The third-order valence-corrected chi connectivity index (χ3v) is 3.91.